The standard InChI is InChI=1S/C9H13NO2.ClH/c10-9(6-12)8-4-2-1-3-7(8)5-11;/h1-4,9,11-12H,5-6,10H2;1H. The van der Waals surface area contributed by atoms with Crippen molar-refractivity contribution >= 4 is 12.4 Å². The Morgan fingerprint density at radius 3 is 2.38 bits per heavy atom. The molecule has 0 aromatic heterocycles. The van der Waals surface area contributed by atoms with Gasteiger partial charge in [-0.05, 0) is 11.1 Å². The Bertz CT molecular complexity index is 255. The van der Waals surface area contributed by atoms with E-state index in [1.807, 2.05) is 18.2 Å². The minimum absolute atomic E-state index is 0. The summed E-state index contributed by atoms with van der Waals surface area (Å²) in [4.78, 5) is 0. The Morgan fingerprint density at radius 1 is 1.23 bits per heavy atom. The molecule has 0 aliphatic carbocycles. The third-order valence-corrected chi connectivity index (χ3v) is 1.82. The molecule has 0 radical (unpaired) electrons. The fourth-order valence-electron chi connectivity index (χ4n) is 1.14. The number of benzene rings is 1. The summed E-state index contributed by atoms with van der Waals surface area (Å²) in [5.41, 5.74) is 7.19. The van der Waals surface area contributed by atoms with Gasteiger partial charge in [-0.1, -0.05) is 24.3 Å². The normalized spacial score (nSPS) is 11.9. The molecule has 3 nitrogen and oxygen atoms in total. The first-order chi connectivity index (χ1) is 5.79. The number of aliphatic hydroxyl groups is 2. The maximum Gasteiger partial charge on any atom is 0.0685 e. The molecule has 4 N–H and O–H groups in total. The molecule has 0 saturated heterocycles. The highest BCUT2D eigenvalue weighted by Gasteiger charge is 2.07. The molecule has 1 atom stereocenters. The fourth-order valence-corrected chi connectivity index (χ4v) is 1.14. The summed E-state index contributed by atoms with van der Waals surface area (Å²) in [5, 5.41) is 17.7. The van der Waals surface area contributed by atoms with Crippen LogP contribution in [0.5, 0.6) is 0 Å². The van der Waals surface area contributed by atoms with Gasteiger partial charge < -0.3 is 15.9 Å². The average Bonchev–Trinajstić information content (AvgIpc) is 2.16. The number of hydrogen-bond acceptors (Lipinski definition) is 3. The molecule has 0 saturated carbocycles. The van der Waals surface area contributed by atoms with Gasteiger partial charge in [0.05, 0.1) is 19.3 Å². The largest absolute Gasteiger partial charge is 0.394 e. The van der Waals surface area contributed by atoms with Crippen LogP contribution in [0.15, 0.2) is 24.3 Å². The van der Waals surface area contributed by atoms with Gasteiger partial charge in [0.15, 0.2) is 0 Å². The van der Waals surface area contributed by atoms with Crippen molar-refractivity contribution in [3.8, 4) is 0 Å². The van der Waals surface area contributed by atoms with Crippen LogP contribution >= 0.6 is 12.4 Å². The molecule has 1 unspecified atom stereocenters. The van der Waals surface area contributed by atoms with Gasteiger partial charge in [0.2, 0.25) is 0 Å². The third-order valence-electron chi connectivity index (χ3n) is 1.82. The van der Waals surface area contributed by atoms with Gasteiger partial charge in [0.25, 0.3) is 0 Å². The minimum atomic E-state index is -0.395. The Balaban J connectivity index is 0.00000144. The van der Waals surface area contributed by atoms with Crippen LogP contribution in [0.25, 0.3) is 0 Å². The second-order valence-electron chi connectivity index (χ2n) is 2.65. The molecule has 0 fully saturated rings. The molecule has 13 heavy (non-hydrogen) atoms. The summed E-state index contributed by atoms with van der Waals surface area (Å²) in [7, 11) is 0. The molecule has 0 aliphatic heterocycles. The second-order valence-corrected chi connectivity index (χ2v) is 2.65. The van der Waals surface area contributed by atoms with E-state index in [1.165, 1.54) is 0 Å². The Labute approximate surface area is 83.6 Å². The molecular formula is C9H14ClNO2. The fraction of sp³-hybridized carbons (Fsp3) is 0.333. The van der Waals surface area contributed by atoms with Crippen LogP contribution in [0.2, 0.25) is 0 Å². The SMILES string of the molecule is Cl.NC(CO)c1ccccc1CO. The molecule has 1 aromatic carbocycles. The van der Waals surface area contributed by atoms with E-state index in [1.54, 1.807) is 6.07 Å². The van der Waals surface area contributed by atoms with Crippen molar-refractivity contribution in [3.05, 3.63) is 35.4 Å². The highest BCUT2D eigenvalue weighted by molar-refractivity contribution is 5.85. The summed E-state index contributed by atoms with van der Waals surface area (Å²) >= 11 is 0. The lowest BCUT2D eigenvalue weighted by atomic mass is 10.0. The quantitative estimate of drug-likeness (QED) is 0.674. The van der Waals surface area contributed by atoms with Crippen LogP contribution in [0.4, 0.5) is 0 Å². The first-order valence-corrected chi connectivity index (χ1v) is 3.84. The highest BCUT2D eigenvalue weighted by atomic mass is 35.5. The lowest BCUT2D eigenvalue weighted by molar-refractivity contribution is 0.259. The molecule has 4 heteroatoms. The maximum absolute atomic E-state index is 8.93. The predicted octanol–water partition coefficient (Wildman–Crippen LogP) is 0.593. The van der Waals surface area contributed by atoms with E-state index in [2.05, 4.69) is 0 Å². The number of halogens is 1. The van der Waals surface area contributed by atoms with Gasteiger partial charge in [-0.25, -0.2) is 0 Å². The van der Waals surface area contributed by atoms with Crippen LogP contribution in [0.3, 0.4) is 0 Å². The molecule has 0 spiro atoms. The van der Waals surface area contributed by atoms with E-state index in [4.69, 9.17) is 15.9 Å². The van der Waals surface area contributed by atoms with Gasteiger partial charge in [-0.2, -0.15) is 0 Å². The number of hydrogen-bond donors (Lipinski definition) is 3. The summed E-state index contributed by atoms with van der Waals surface area (Å²) in [6.45, 7) is -0.138. The first-order valence-electron chi connectivity index (χ1n) is 3.84. The molecular weight excluding hydrogens is 190 g/mol. The van der Waals surface area contributed by atoms with E-state index >= 15 is 0 Å². The van der Waals surface area contributed by atoms with Crippen molar-refractivity contribution in [1.29, 1.82) is 0 Å². The topological polar surface area (TPSA) is 66.5 Å². The minimum Gasteiger partial charge on any atom is -0.394 e. The van der Waals surface area contributed by atoms with Crippen molar-refractivity contribution in [2.24, 2.45) is 5.73 Å². The van der Waals surface area contributed by atoms with Gasteiger partial charge in [-0.3, -0.25) is 0 Å². The Morgan fingerprint density at radius 2 is 1.85 bits per heavy atom. The van der Waals surface area contributed by atoms with Crippen molar-refractivity contribution in [2.45, 2.75) is 12.6 Å². The second kappa shape index (κ2) is 5.94. The van der Waals surface area contributed by atoms with E-state index in [0.29, 0.717) is 0 Å². The van der Waals surface area contributed by atoms with E-state index in [9.17, 15) is 0 Å². The third kappa shape index (κ3) is 2.97. The average molecular weight is 204 g/mol. The molecule has 74 valence electrons. The summed E-state index contributed by atoms with van der Waals surface area (Å²) in [6, 6.07) is 6.88. The molecule has 1 aromatic rings. The van der Waals surface area contributed by atoms with Crippen molar-refractivity contribution < 1.29 is 10.2 Å². The van der Waals surface area contributed by atoms with Gasteiger partial charge in [-0.15, -0.1) is 12.4 Å². The zero-order valence-electron chi connectivity index (χ0n) is 7.18. The number of rotatable bonds is 3. The molecule has 0 aliphatic rings. The molecule has 0 amide bonds. The van der Waals surface area contributed by atoms with E-state index < -0.39 is 6.04 Å². The molecule has 1 rings (SSSR count). The van der Waals surface area contributed by atoms with Crippen LogP contribution in [-0.2, 0) is 6.61 Å². The smallest absolute Gasteiger partial charge is 0.0685 e. The van der Waals surface area contributed by atoms with Crippen LogP contribution < -0.4 is 5.73 Å². The van der Waals surface area contributed by atoms with E-state index in [0.717, 1.165) is 11.1 Å². The van der Waals surface area contributed by atoms with Crippen LogP contribution in [0, 0.1) is 0 Å². The van der Waals surface area contributed by atoms with Crippen LogP contribution in [-0.4, -0.2) is 16.8 Å². The molecule has 0 bridgehead atoms. The Kier molecular flexibility index (Phi) is 5.66. The lowest BCUT2D eigenvalue weighted by Gasteiger charge is -2.12. The van der Waals surface area contributed by atoms with Gasteiger partial charge in [0.1, 0.15) is 0 Å². The lowest BCUT2D eigenvalue weighted by Crippen LogP contribution is -2.16. The van der Waals surface area contributed by atoms with Gasteiger partial charge >= 0.3 is 0 Å². The Hall–Kier alpha value is -0.610. The van der Waals surface area contributed by atoms with Crippen molar-refractivity contribution in [1.82, 2.24) is 0 Å². The van der Waals surface area contributed by atoms with Gasteiger partial charge in [0, 0.05) is 0 Å². The first kappa shape index (κ1) is 12.4. The summed E-state index contributed by atoms with van der Waals surface area (Å²) < 4.78 is 0. The monoisotopic (exact) mass is 203 g/mol. The zero-order valence-corrected chi connectivity index (χ0v) is 8.00. The van der Waals surface area contributed by atoms with Crippen molar-refractivity contribution in [2.75, 3.05) is 6.61 Å². The van der Waals surface area contributed by atoms with E-state index in [-0.39, 0.29) is 25.6 Å². The number of aliphatic hydroxyl groups excluding tert-OH is 2. The van der Waals surface area contributed by atoms with Crippen LogP contribution in [0.1, 0.15) is 17.2 Å². The summed E-state index contributed by atoms with van der Waals surface area (Å²) in [5.74, 6) is 0. The predicted molar refractivity (Wildman–Crippen MR) is 53.6 cm³/mol. The number of nitrogens with two attached hydrogens (primary N) is 1. The zero-order chi connectivity index (χ0) is 8.97. The molecule has 0 heterocycles. The van der Waals surface area contributed by atoms with Crippen molar-refractivity contribution in [3.63, 3.8) is 0 Å². The highest BCUT2D eigenvalue weighted by Crippen LogP contribution is 2.15. The summed E-state index contributed by atoms with van der Waals surface area (Å²) in [6.07, 6.45) is 0. The maximum atomic E-state index is 8.93.